The second-order valence-corrected chi connectivity index (χ2v) is 2.98. The molecule has 3 heteroatoms. The van der Waals surface area contributed by atoms with Gasteiger partial charge in [-0.25, -0.2) is 0 Å². The molecule has 0 aliphatic carbocycles. The number of hydrogen-bond acceptors (Lipinski definition) is 3. The van der Waals surface area contributed by atoms with Crippen molar-refractivity contribution in [2.24, 2.45) is 5.92 Å². The van der Waals surface area contributed by atoms with E-state index in [1.165, 1.54) is 6.26 Å². The summed E-state index contributed by atoms with van der Waals surface area (Å²) in [6.07, 6.45) is 2.28. The van der Waals surface area contributed by atoms with Gasteiger partial charge in [0.2, 0.25) is 0 Å². The first-order chi connectivity index (χ1) is 6.29. The molecule has 0 saturated heterocycles. The minimum absolute atomic E-state index is 0.365. The number of nitriles is 1. The molecule has 0 amide bonds. The lowest BCUT2D eigenvalue weighted by Gasteiger charge is -2.12. The van der Waals surface area contributed by atoms with E-state index >= 15 is 0 Å². The Hall–Kier alpha value is -1.27. The number of aliphatic hydroxyl groups is 1. The van der Waals surface area contributed by atoms with Crippen molar-refractivity contribution in [1.29, 1.82) is 5.26 Å². The summed E-state index contributed by atoms with van der Waals surface area (Å²) in [6, 6.07) is 5.47. The molecule has 3 nitrogen and oxygen atoms in total. The standard InChI is InChI=1S/C10H13NO2/c1-2-4-8(7-11)10(12)9-5-3-6-13-9/h3,5-6,8,10,12H,2,4H2,1H3. The molecule has 0 bridgehead atoms. The highest BCUT2D eigenvalue weighted by Gasteiger charge is 2.21. The highest BCUT2D eigenvalue weighted by atomic mass is 16.4. The van der Waals surface area contributed by atoms with Crippen LogP contribution in [0, 0.1) is 17.2 Å². The number of furan rings is 1. The van der Waals surface area contributed by atoms with Gasteiger partial charge in [-0.3, -0.25) is 0 Å². The Morgan fingerprint density at radius 1 is 1.69 bits per heavy atom. The van der Waals surface area contributed by atoms with Gasteiger partial charge in [-0.2, -0.15) is 5.26 Å². The van der Waals surface area contributed by atoms with Gasteiger partial charge in [0.1, 0.15) is 11.9 Å². The van der Waals surface area contributed by atoms with Gasteiger partial charge in [0.25, 0.3) is 0 Å². The topological polar surface area (TPSA) is 57.2 Å². The van der Waals surface area contributed by atoms with E-state index in [2.05, 4.69) is 6.07 Å². The first kappa shape index (κ1) is 9.82. The van der Waals surface area contributed by atoms with Gasteiger partial charge < -0.3 is 9.52 Å². The van der Waals surface area contributed by atoms with E-state index in [1.807, 2.05) is 6.92 Å². The van der Waals surface area contributed by atoms with Crippen molar-refractivity contribution in [3.05, 3.63) is 24.2 Å². The fourth-order valence-electron chi connectivity index (χ4n) is 1.26. The summed E-state index contributed by atoms with van der Waals surface area (Å²) in [4.78, 5) is 0. The number of aliphatic hydroxyl groups excluding tert-OH is 1. The van der Waals surface area contributed by atoms with E-state index in [0.717, 1.165) is 6.42 Å². The van der Waals surface area contributed by atoms with Crippen molar-refractivity contribution in [2.75, 3.05) is 0 Å². The van der Waals surface area contributed by atoms with Crippen LogP contribution in [0.2, 0.25) is 0 Å². The van der Waals surface area contributed by atoms with Gasteiger partial charge in [0.15, 0.2) is 0 Å². The van der Waals surface area contributed by atoms with Crippen molar-refractivity contribution < 1.29 is 9.52 Å². The molecule has 0 fully saturated rings. The van der Waals surface area contributed by atoms with Crippen LogP contribution in [-0.2, 0) is 0 Å². The van der Waals surface area contributed by atoms with Crippen LogP contribution in [0.3, 0.4) is 0 Å². The Morgan fingerprint density at radius 2 is 2.46 bits per heavy atom. The highest BCUT2D eigenvalue weighted by Crippen LogP contribution is 2.25. The van der Waals surface area contributed by atoms with E-state index in [9.17, 15) is 5.11 Å². The zero-order valence-electron chi connectivity index (χ0n) is 7.60. The molecule has 0 spiro atoms. The quantitative estimate of drug-likeness (QED) is 0.771. The Morgan fingerprint density at radius 3 is 2.92 bits per heavy atom. The van der Waals surface area contributed by atoms with Crippen LogP contribution >= 0.6 is 0 Å². The van der Waals surface area contributed by atoms with E-state index in [-0.39, 0.29) is 5.92 Å². The van der Waals surface area contributed by atoms with Crippen molar-refractivity contribution in [1.82, 2.24) is 0 Å². The molecule has 13 heavy (non-hydrogen) atoms. The van der Waals surface area contributed by atoms with Crippen LogP contribution in [0.25, 0.3) is 0 Å². The van der Waals surface area contributed by atoms with E-state index in [4.69, 9.17) is 9.68 Å². The van der Waals surface area contributed by atoms with Crippen LogP contribution in [0.1, 0.15) is 31.6 Å². The monoisotopic (exact) mass is 179 g/mol. The molecule has 0 aromatic carbocycles. The number of nitrogens with zero attached hydrogens (tertiary/aromatic N) is 1. The molecule has 1 aromatic heterocycles. The van der Waals surface area contributed by atoms with Crippen LogP contribution in [0.4, 0.5) is 0 Å². The summed E-state index contributed by atoms with van der Waals surface area (Å²) in [6.45, 7) is 1.99. The molecule has 1 heterocycles. The van der Waals surface area contributed by atoms with Crippen molar-refractivity contribution in [2.45, 2.75) is 25.9 Å². The predicted octanol–water partition coefficient (Wildman–Crippen LogP) is 2.25. The first-order valence-corrected chi connectivity index (χ1v) is 4.40. The molecular formula is C10H13NO2. The average molecular weight is 179 g/mol. The summed E-state index contributed by atoms with van der Waals surface area (Å²) in [5.74, 6) is 0.108. The van der Waals surface area contributed by atoms with E-state index in [0.29, 0.717) is 12.2 Å². The van der Waals surface area contributed by atoms with Crippen LogP contribution in [0.15, 0.2) is 22.8 Å². The van der Waals surface area contributed by atoms with Gasteiger partial charge in [0, 0.05) is 0 Å². The van der Waals surface area contributed by atoms with E-state index < -0.39 is 6.10 Å². The molecule has 70 valence electrons. The van der Waals surface area contributed by atoms with Gasteiger partial charge >= 0.3 is 0 Å². The minimum Gasteiger partial charge on any atom is -0.467 e. The van der Waals surface area contributed by atoms with Gasteiger partial charge in [0.05, 0.1) is 18.3 Å². The Kier molecular flexibility index (Phi) is 3.53. The zero-order chi connectivity index (χ0) is 9.68. The minimum atomic E-state index is -0.792. The Balaban J connectivity index is 2.66. The SMILES string of the molecule is CCCC(C#N)C(O)c1ccco1. The van der Waals surface area contributed by atoms with Gasteiger partial charge in [-0.05, 0) is 18.6 Å². The fraction of sp³-hybridized carbons (Fsp3) is 0.500. The second-order valence-electron chi connectivity index (χ2n) is 2.98. The molecular weight excluding hydrogens is 166 g/mol. The lowest BCUT2D eigenvalue weighted by atomic mass is 9.97. The molecule has 1 N–H and O–H groups in total. The Labute approximate surface area is 77.6 Å². The van der Waals surface area contributed by atoms with Crippen molar-refractivity contribution in [3.63, 3.8) is 0 Å². The highest BCUT2D eigenvalue weighted by molar-refractivity contribution is 5.06. The summed E-state index contributed by atoms with van der Waals surface area (Å²) in [7, 11) is 0. The first-order valence-electron chi connectivity index (χ1n) is 4.40. The molecule has 0 aliphatic rings. The fourth-order valence-corrected chi connectivity index (χ4v) is 1.26. The van der Waals surface area contributed by atoms with Crippen LogP contribution in [0.5, 0.6) is 0 Å². The molecule has 0 aliphatic heterocycles. The number of hydrogen-bond donors (Lipinski definition) is 1. The lowest BCUT2D eigenvalue weighted by molar-refractivity contribution is 0.106. The molecule has 2 atom stereocenters. The maximum Gasteiger partial charge on any atom is 0.133 e. The van der Waals surface area contributed by atoms with Crippen LogP contribution < -0.4 is 0 Å². The summed E-state index contributed by atoms with van der Waals surface area (Å²) in [5.41, 5.74) is 0. The van der Waals surface area contributed by atoms with E-state index in [1.54, 1.807) is 12.1 Å². The van der Waals surface area contributed by atoms with Crippen molar-refractivity contribution >= 4 is 0 Å². The van der Waals surface area contributed by atoms with Gasteiger partial charge in [-0.1, -0.05) is 13.3 Å². The molecule has 1 rings (SSSR count). The Bertz CT molecular complexity index is 274. The maximum absolute atomic E-state index is 9.68. The summed E-state index contributed by atoms with van der Waals surface area (Å²) in [5, 5.41) is 18.5. The maximum atomic E-state index is 9.68. The predicted molar refractivity (Wildman–Crippen MR) is 47.7 cm³/mol. The number of rotatable bonds is 4. The molecule has 2 unspecified atom stereocenters. The zero-order valence-corrected chi connectivity index (χ0v) is 7.60. The third-order valence-electron chi connectivity index (χ3n) is 1.98. The lowest BCUT2D eigenvalue weighted by Crippen LogP contribution is -2.09. The second kappa shape index (κ2) is 4.68. The normalized spacial score (nSPS) is 14.8. The smallest absolute Gasteiger partial charge is 0.133 e. The molecule has 0 saturated carbocycles. The van der Waals surface area contributed by atoms with Gasteiger partial charge in [-0.15, -0.1) is 0 Å². The summed E-state index contributed by atoms with van der Waals surface area (Å²) < 4.78 is 5.02. The van der Waals surface area contributed by atoms with Crippen molar-refractivity contribution in [3.8, 4) is 6.07 Å². The molecule has 1 aromatic rings. The summed E-state index contributed by atoms with van der Waals surface area (Å²) >= 11 is 0. The molecule has 0 radical (unpaired) electrons. The average Bonchev–Trinajstić information content (AvgIpc) is 2.65. The third-order valence-corrected chi connectivity index (χ3v) is 1.98. The largest absolute Gasteiger partial charge is 0.467 e. The third kappa shape index (κ3) is 2.33. The van der Waals surface area contributed by atoms with Crippen LogP contribution in [-0.4, -0.2) is 5.11 Å².